The molecule has 2 rings (SSSR count). The smallest absolute Gasteiger partial charge is 0.128 e. The van der Waals surface area contributed by atoms with Crippen molar-refractivity contribution in [1.29, 1.82) is 0 Å². The Morgan fingerprint density at radius 1 is 1.17 bits per heavy atom. The largest absolute Gasteiger partial charge is 0.324 e. The van der Waals surface area contributed by atoms with Gasteiger partial charge in [-0.25, -0.2) is 4.39 Å². The molecule has 0 aliphatic carbocycles. The van der Waals surface area contributed by atoms with Crippen molar-refractivity contribution in [2.45, 2.75) is 19.4 Å². The summed E-state index contributed by atoms with van der Waals surface area (Å²) in [5, 5.41) is 0. The van der Waals surface area contributed by atoms with E-state index in [0.717, 1.165) is 11.1 Å². The van der Waals surface area contributed by atoms with Crippen molar-refractivity contribution in [3.63, 3.8) is 0 Å². The van der Waals surface area contributed by atoms with Gasteiger partial charge in [0, 0.05) is 15.2 Å². The van der Waals surface area contributed by atoms with Gasteiger partial charge in [-0.2, -0.15) is 0 Å². The number of benzene rings is 2. The van der Waals surface area contributed by atoms with Gasteiger partial charge in [-0.05, 0) is 65.3 Å². The summed E-state index contributed by atoms with van der Waals surface area (Å²) < 4.78 is 15.0. The van der Waals surface area contributed by atoms with E-state index in [9.17, 15) is 4.39 Å². The molecule has 0 fully saturated rings. The highest BCUT2D eigenvalue weighted by Gasteiger charge is 2.12. The molecule has 3 heteroatoms. The first kappa shape index (κ1) is 13.5. The summed E-state index contributed by atoms with van der Waals surface area (Å²) in [6.45, 7) is 1.87. The number of hydrogen-bond donors (Lipinski definition) is 1. The molecular weight excluding hydrogens is 340 g/mol. The highest BCUT2D eigenvalue weighted by Crippen LogP contribution is 2.20. The van der Waals surface area contributed by atoms with E-state index in [1.54, 1.807) is 6.07 Å². The Hall–Kier alpha value is -0.940. The Morgan fingerprint density at radius 2 is 1.83 bits per heavy atom. The van der Waals surface area contributed by atoms with Crippen molar-refractivity contribution in [3.8, 4) is 0 Å². The summed E-state index contributed by atoms with van der Waals surface area (Å²) in [6.07, 6.45) is 0.650. The summed E-state index contributed by atoms with van der Waals surface area (Å²) in [5.41, 5.74) is 8.70. The Kier molecular flexibility index (Phi) is 4.35. The molecule has 2 aromatic rings. The van der Waals surface area contributed by atoms with Crippen LogP contribution < -0.4 is 5.73 Å². The molecule has 2 aromatic carbocycles. The van der Waals surface area contributed by atoms with Crippen LogP contribution in [0.1, 0.15) is 22.7 Å². The third-order valence-electron chi connectivity index (χ3n) is 2.92. The van der Waals surface area contributed by atoms with Crippen LogP contribution in [0.5, 0.6) is 0 Å². The number of hydrogen-bond acceptors (Lipinski definition) is 1. The van der Waals surface area contributed by atoms with Gasteiger partial charge in [0.05, 0.1) is 0 Å². The van der Waals surface area contributed by atoms with E-state index in [-0.39, 0.29) is 11.9 Å². The predicted molar refractivity (Wildman–Crippen MR) is 80.9 cm³/mol. The van der Waals surface area contributed by atoms with E-state index >= 15 is 0 Å². The second-order valence-electron chi connectivity index (χ2n) is 4.46. The summed E-state index contributed by atoms with van der Waals surface area (Å²) >= 11 is 2.26. The van der Waals surface area contributed by atoms with Gasteiger partial charge in [0.2, 0.25) is 0 Å². The summed E-state index contributed by atoms with van der Waals surface area (Å²) in [7, 11) is 0. The molecule has 1 nitrogen and oxygen atoms in total. The molecule has 0 aromatic heterocycles. The van der Waals surface area contributed by atoms with Crippen LogP contribution in [0.2, 0.25) is 0 Å². The lowest BCUT2D eigenvalue weighted by atomic mass is 9.98. The fourth-order valence-corrected chi connectivity index (χ4v) is 2.28. The van der Waals surface area contributed by atoms with E-state index in [4.69, 9.17) is 5.73 Å². The molecule has 0 amide bonds. The first-order valence-electron chi connectivity index (χ1n) is 5.82. The van der Waals surface area contributed by atoms with Gasteiger partial charge in [-0.3, -0.25) is 0 Å². The number of rotatable bonds is 3. The van der Waals surface area contributed by atoms with Crippen LogP contribution in [-0.4, -0.2) is 0 Å². The third-order valence-corrected chi connectivity index (χ3v) is 3.64. The first-order valence-corrected chi connectivity index (χ1v) is 6.90. The molecule has 0 bridgehead atoms. The Bertz CT molecular complexity index is 537. The molecule has 94 valence electrons. The van der Waals surface area contributed by atoms with E-state index < -0.39 is 0 Å². The lowest BCUT2D eigenvalue weighted by Gasteiger charge is -2.13. The molecule has 1 unspecified atom stereocenters. The quantitative estimate of drug-likeness (QED) is 0.829. The standard InChI is InChI=1S/C15H15FIN/c1-10-2-7-13(14(16)8-10)15(18)9-11-3-5-12(17)6-4-11/h2-8,15H,9,18H2,1H3. The Morgan fingerprint density at radius 3 is 2.44 bits per heavy atom. The van der Waals surface area contributed by atoms with Gasteiger partial charge < -0.3 is 5.73 Å². The fraction of sp³-hybridized carbons (Fsp3) is 0.200. The maximum Gasteiger partial charge on any atom is 0.128 e. The van der Waals surface area contributed by atoms with Crippen molar-refractivity contribution in [2.75, 3.05) is 0 Å². The fourth-order valence-electron chi connectivity index (χ4n) is 1.92. The zero-order chi connectivity index (χ0) is 13.1. The van der Waals surface area contributed by atoms with Gasteiger partial charge >= 0.3 is 0 Å². The zero-order valence-electron chi connectivity index (χ0n) is 10.2. The van der Waals surface area contributed by atoms with Crippen molar-refractivity contribution in [1.82, 2.24) is 0 Å². The zero-order valence-corrected chi connectivity index (χ0v) is 12.3. The normalized spacial score (nSPS) is 12.4. The minimum Gasteiger partial charge on any atom is -0.324 e. The third kappa shape index (κ3) is 3.29. The second-order valence-corrected chi connectivity index (χ2v) is 5.71. The lowest BCUT2D eigenvalue weighted by Crippen LogP contribution is -2.15. The van der Waals surface area contributed by atoms with Crippen LogP contribution in [0.3, 0.4) is 0 Å². The van der Waals surface area contributed by atoms with E-state index in [2.05, 4.69) is 22.6 Å². The molecule has 0 aliphatic rings. The van der Waals surface area contributed by atoms with Crippen LogP contribution in [0.25, 0.3) is 0 Å². The topological polar surface area (TPSA) is 26.0 Å². The number of halogens is 2. The molecular formula is C15H15FIN. The minimum absolute atomic E-state index is 0.215. The van der Waals surface area contributed by atoms with Gasteiger partial charge in [-0.15, -0.1) is 0 Å². The van der Waals surface area contributed by atoms with Crippen molar-refractivity contribution >= 4 is 22.6 Å². The Balaban J connectivity index is 2.16. The van der Waals surface area contributed by atoms with Gasteiger partial charge in [-0.1, -0.05) is 24.3 Å². The average molecular weight is 355 g/mol. The van der Waals surface area contributed by atoms with Crippen LogP contribution in [0, 0.1) is 16.3 Å². The molecule has 18 heavy (non-hydrogen) atoms. The van der Waals surface area contributed by atoms with Crippen molar-refractivity contribution in [3.05, 3.63) is 68.5 Å². The van der Waals surface area contributed by atoms with Crippen LogP contribution in [0.15, 0.2) is 42.5 Å². The monoisotopic (exact) mass is 355 g/mol. The van der Waals surface area contributed by atoms with Gasteiger partial charge in [0.25, 0.3) is 0 Å². The van der Waals surface area contributed by atoms with Crippen molar-refractivity contribution < 1.29 is 4.39 Å². The van der Waals surface area contributed by atoms with Crippen LogP contribution in [0.4, 0.5) is 4.39 Å². The molecule has 2 N–H and O–H groups in total. The van der Waals surface area contributed by atoms with Gasteiger partial charge in [0.15, 0.2) is 0 Å². The van der Waals surface area contributed by atoms with Crippen LogP contribution in [-0.2, 0) is 6.42 Å². The molecule has 0 heterocycles. The van der Waals surface area contributed by atoms with Crippen molar-refractivity contribution in [2.24, 2.45) is 5.73 Å². The SMILES string of the molecule is Cc1ccc(C(N)Cc2ccc(I)cc2)c(F)c1. The summed E-state index contributed by atoms with van der Waals surface area (Å²) in [6, 6.07) is 13.0. The number of nitrogens with two attached hydrogens (primary N) is 1. The maximum atomic E-state index is 13.8. The molecule has 1 atom stereocenters. The molecule has 0 saturated heterocycles. The average Bonchev–Trinajstić information content (AvgIpc) is 2.32. The van der Waals surface area contributed by atoms with E-state index in [1.807, 2.05) is 37.3 Å². The molecule has 0 saturated carbocycles. The van der Waals surface area contributed by atoms with Gasteiger partial charge in [0.1, 0.15) is 5.82 Å². The van der Waals surface area contributed by atoms with Crippen LogP contribution >= 0.6 is 22.6 Å². The Labute approximate surface area is 120 Å². The number of aryl methyl sites for hydroxylation is 1. The molecule has 0 radical (unpaired) electrons. The van der Waals surface area contributed by atoms with E-state index in [1.165, 1.54) is 9.64 Å². The highest BCUT2D eigenvalue weighted by molar-refractivity contribution is 14.1. The summed E-state index contributed by atoms with van der Waals surface area (Å²) in [4.78, 5) is 0. The predicted octanol–water partition coefficient (Wildman–Crippen LogP) is 3.98. The second kappa shape index (κ2) is 5.80. The highest BCUT2D eigenvalue weighted by atomic mass is 127. The first-order chi connectivity index (χ1) is 8.56. The lowest BCUT2D eigenvalue weighted by molar-refractivity contribution is 0.579. The molecule has 0 aliphatic heterocycles. The maximum absolute atomic E-state index is 13.8. The summed E-state index contributed by atoms with van der Waals surface area (Å²) in [5.74, 6) is -0.215. The molecule has 0 spiro atoms. The minimum atomic E-state index is -0.300. The van der Waals surface area contributed by atoms with E-state index in [0.29, 0.717) is 12.0 Å².